The first-order valence-electron chi connectivity index (χ1n) is 7.38. The van der Waals surface area contributed by atoms with E-state index >= 15 is 0 Å². The van der Waals surface area contributed by atoms with Crippen molar-refractivity contribution in [3.05, 3.63) is 35.4 Å². The van der Waals surface area contributed by atoms with Crippen LogP contribution >= 0.6 is 0 Å². The van der Waals surface area contributed by atoms with Gasteiger partial charge in [-0.3, -0.25) is 0 Å². The van der Waals surface area contributed by atoms with Gasteiger partial charge in [0.25, 0.3) is 0 Å². The Morgan fingerprint density at radius 1 is 1.17 bits per heavy atom. The minimum absolute atomic E-state index is 0.642. The lowest BCUT2D eigenvalue weighted by Crippen LogP contribution is -2.27. The number of hydrogen-bond acceptors (Lipinski definition) is 1. The van der Waals surface area contributed by atoms with Gasteiger partial charge in [-0.25, -0.2) is 0 Å². The quantitative estimate of drug-likeness (QED) is 0.719. The second kappa shape index (κ2) is 8.31. The van der Waals surface area contributed by atoms with Crippen LogP contribution in [0.5, 0.6) is 0 Å². The van der Waals surface area contributed by atoms with Crippen LogP contribution in [0.15, 0.2) is 18.2 Å². The van der Waals surface area contributed by atoms with E-state index in [0.29, 0.717) is 6.04 Å². The number of hydrogen-bond donors (Lipinski definition) is 1. The molecule has 0 heterocycles. The fraction of sp³-hybridized carbons (Fsp3) is 0.647. The van der Waals surface area contributed by atoms with Crippen molar-refractivity contribution in [2.75, 3.05) is 0 Å². The van der Waals surface area contributed by atoms with Crippen molar-refractivity contribution in [2.24, 2.45) is 5.92 Å². The molecule has 0 amide bonds. The highest BCUT2D eigenvalue weighted by Gasteiger charge is 2.06. The molecule has 1 aromatic rings. The largest absolute Gasteiger partial charge is 0.310 e. The predicted molar refractivity (Wildman–Crippen MR) is 79.6 cm³/mol. The van der Waals surface area contributed by atoms with Gasteiger partial charge >= 0.3 is 0 Å². The summed E-state index contributed by atoms with van der Waals surface area (Å²) in [7, 11) is 0. The van der Waals surface area contributed by atoms with E-state index in [1.165, 1.54) is 36.8 Å². The minimum atomic E-state index is 0.642. The molecule has 0 saturated carbocycles. The fourth-order valence-electron chi connectivity index (χ4n) is 2.18. The Bertz CT molecular complexity index is 326. The first kappa shape index (κ1) is 15.2. The summed E-state index contributed by atoms with van der Waals surface area (Å²) in [5.41, 5.74) is 2.91. The van der Waals surface area contributed by atoms with E-state index in [1.54, 1.807) is 0 Å². The summed E-state index contributed by atoms with van der Waals surface area (Å²) in [6.07, 6.45) is 4.86. The lowest BCUT2D eigenvalue weighted by molar-refractivity contribution is 0.482. The molecule has 0 saturated heterocycles. The maximum absolute atomic E-state index is 3.64. The molecule has 0 bridgehead atoms. The van der Waals surface area contributed by atoms with Crippen molar-refractivity contribution in [3.8, 4) is 0 Å². The van der Waals surface area contributed by atoms with E-state index in [9.17, 15) is 0 Å². The second-order valence-electron chi connectivity index (χ2n) is 5.52. The first-order chi connectivity index (χ1) is 8.67. The molecule has 0 aromatic heterocycles. The summed E-state index contributed by atoms with van der Waals surface area (Å²) in [5.74, 6) is 0.772. The van der Waals surface area contributed by atoms with Crippen molar-refractivity contribution in [2.45, 2.75) is 66.0 Å². The van der Waals surface area contributed by atoms with Crippen LogP contribution in [-0.2, 0) is 13.0 Å². The summed E-state index contributed by atoms with van der Waals surface area (Å²) in [6, 6.07) is 10.3. The molecule has 0 spiro atoms. The molecule has 0 aliphatic carbocycles. The highest BCUT2D eigenvalue weighted by molar-refractivity contribution is 5.26. The normalized spacial score (nSPS) is 11.4. The fourth-order valence-corrected chi connectivity index (χ4v) is 2.18. The number of benzene rings is 1. The van der Waals surface area contributed by atoms with Crippen LogP contribution < -0.4 is 5.32 Å². The van der Waals surface area contributed by atoms with Crippen molar-refractivity contribution >= 4 is 0 Å². The van der Waals surface area contributed by atoms with Gasteiger partial charge < -0.3 is 5.32 Å². The average molecular weight is 246 g/mol. The van der Waals surface area contributed by atoms with Crippen LogP contribution in [0.4, 0.5) is 0 Å². The van der Waals surface area contributed by atoms with E-state index in [2.05, 4.69) is 51.2 Å². The molecule has 18 heavy (non-hydrogen) atoms. The smallest absolute Gasteiger partial charge is 0.0211 e. The van der Waals surface area contributed by atoms with E-state index < -0.39 is 0 Å². The predicted octanol–water partition coefficient (Wildman–Crippen LogP) is 4.35. The van der Waals surface area contributed by atoms with Crippen LogP contribution in [0.25, 0.3) is 0 Å². The van der Waals surface area contributed by atoms with Gasteiger partial charge in [0.05, 0.1) is 0 Å². The number of nitrogens with one attached hydrogen (secondary N) is 1. The van der Waals surface area contributed by atoms with Gasteiger partial charge in [-0.2, -0.15) is 0 Å². The Morgan fingerprint density at radius 3 is 2.50 bits per heavy atom. The zero-order valence-electron chi connectivity index (χ0n) is 12.4. The van der Waals surface area contributed by atoms with Crippen LogP contribution in [0.1, 0.15) is 58.1 Å². The maximum atomic E-state index is 3.64. The third-order valence-corrected chi connectivity index (χ3v) is 3.61. The molecule has 0 atom stereocenters. The highest BCUT2D eigenvalue weighted by atomic mass is 14.9. The summed E-state index contributed by atoms with van der Waals surface area (Å²) in [5, 5.41) is 3.64. The Morgan fingerprint density at radius 2 is 1.89 bits per heavy atom. The van der Waals surface area contributed by atoms with Crippen molar-refractivity contribution in [3.63, 3.8) is 0 Å². The highest BCUT2D eigenvalue weighted by Crippen LogP contribution is 2.14. The van der Waals surface area contributed by atoms with Gasteiger partial charge in [0, 0.05) is 12.6 Å². The lowest BCUT2D eigenvalue weighted by atomic mass is 9.98. The second-order valence-corrected chi connectivity index (χ2v) is 5.52. The monoisotopic (exact) mass is 246 g/mol. The molecular formula is C17H28N. The summed E-state index contributed by atoms with van der Waals surface area (Å²) in [6.45, 7) is 10.1. The Hall–Kier alpha value is -0.820. The van der Waals surface area contributed by atoms with Gasteiger partial charge in [0.2, 0.25) is 0 Å². The van der Waals surface area contributed by atoms with Crippen molar-refractivity contribution in [1.29, 1.82) is 0 Å². The zero-order valence-corrected chi connectivity index (χ0v) is 12.4. The van der Waals surface area contributed by atoms with Gasteiger partial charge in [-0.15, -0.1) is 0 Å². The van der Waals surface area contributed by atoms with Crippen molar-refractivity contribution in [1.82, 2.24) is 5.32 Å². The Labute approximate surface area is 113 Å². The van der Waals surface area contributed by atoms with Gasteiger partial charge in [0.15, 0.2) is 0 Å². The summed E-state index contributed by atoms with van der Waals surface area (Å²) >= 11 is 0. The maximum Gasteiger partial charge on any atom is 0.0211 e. The first-order valence-corrected chi connectivity index (χ1v) is 7.38. The molecule has 1 N–H and O–H groups in total. The summed E-state index contributed by atoms with van der Waals surface area (Å²) in [4.78, 5) is 0. The van der Waals surface area contributed by atoms with Gasteiger partial charge in [-0.1, -0.05) is 39.8 Å². The standard InChI is InChI=1S/C17H28N/c1-5-17(6-2)18-13-16-10-8-7-9-15(16)12-11-14(3)4/h7,9-10,14,17-18H,5-6,11-13H2,1-4H3. The average Bonchev–Trinajstić information content (AvgIpc) is 2.38. The molecule has 0 fully saturated rings. The van der Waals surface area contributed by atoms with Crippen LogP contribution in [0, 0.1) is 12.0 Å². The Kier molecular flexibility index (Phi) is 7.04. The van der Waals surface area contributed by atoms with Crippen LogP contribution in [0.3, 0.4) is 0 Å². The van der Waals surface area contributed by atoms with E-state index in [4.69, 9.17) is 0 Å². The topological polar surface area (TPSA) is 12.0 Å². The third kappa shape index (κ3) is 5.22. The molecule has 1 nitrogen and oxygen atoms in total. The molecule has 0 unspecified atom stereocenters. The SMILES string of the molecule is CCC(CC)NCc1c[c]ccc1CCC(C)C. The summed E-state index contributed by atoms with van der Waals surface area (Å²) < 4.78 is 0. The van der Waals surface area contributed by atoms with E-state index in [-0.39, 0.29) is 0 Å². The zero-order chi connectivity index (χ0) is 13.4. The third-order valence-electron chi connectivity index (χ3n) is 3.61. The number of aryl methyl sites for hydroxylation is 1. The molecule has 1 heteroatoms. The molecular weight excluding hydrogens is 218 g/mol. The molecule has 0 aliphatic heterocycles. The van der Waals surface area contributed by atoms with Crippen LogP contribution in [0.2, 0.25) is 0 Å². The molecule has 1 aromatic carbocycles. The molecule has 1 radical (unpaired) electrons. The van der Waals surface area contributed by atoms with Crippen LogP contribution in [-0.4, -0.2) is 6.04 Å². The Balaban J connectivity index is 2.58. The molecule has 1 rings (SSSR count). The van der Waals surface area contributed by atoms with Gasteiger partial charge in [0.1, 0.15) is 0 Å². The van der Waals surface area contributed by atoms with E-state index in [1.807, 2.05) is 6.07 Å². The van der Waals surface area contributed by atoms with E-state index in [0.717, 1.165) is 12.5 Å². The lowest BCUT2D eigenvalue weighted by Gasteiger charge is -2.17. The molecule has 0 aliphatic rings. The molecule has 101 valence electrons. The minimum Gasteiger partial charge on any atom is -0.310 e. The van der Waals surface area contributed by atoms with Crippen molar-refractivity contribution < 1.29 is 0 Å². The number of rotatable bonds is 8. The van der Waals surface area contributed by atoms with Gasteiger partial charge in [-0.05, 0) is 54.9 Å².